The van der Waals surface area contributed by atoms with Crippen LogP contribution in [-0.4, -0.2) is 23.4 Å². The molecule has 0 saturated heterocycles. The van der Waals surface area contributed by atoms with E-state index in [1.807, 2.05) is 13.8 Å². The Morgan fingerprint density at radius 2 is 1.06 bits per heavy atom. The summed E-state index contributed by atoms with van der Waals surface area (Å²) < 4.78 is 0. The van der Waals surface area contributed by atoms with Gasteiger partial charge in [0, 0.05) is 13.2 Å². The fraction of sp³-hybridized carbons (Fsp3) is 0.786. The molecule has 0 bridgehead atoms. The standard InChI is InChI=1S/C9H20O2.C5H8/c10-8-6-4-2-1-3-5-7-9-11;1-4-5(2)3/h10-11H,1-9H2;1H2,2-3H3. The predicted molar refractivity (Wildman–Crippen MR) is 70.5 cm³/mol. The van der Waals surface area contributed by atoms with Gasteiger partial charge in [-0.3, -0.25) is 0 Å². The molecule has 0 aliphatic heterocycles. The van der Waals surface area contributed by atoms with Crippen molar-refractivity contribution < 1.29 is 10.2 Å². The summed E-state index contributed by atoms with van der Waals surface area (Å²) in [5.41, 5.74) is 3.84. The molecule has 0 aromatic heterocycles. The molecule has 2 N–H and O–H groups in total. The zero-order valence-corrected chi connectivity index (χ0v) is 11.0. The summed E-state index contributed by atoms with van der Waals surface area (Å²) in [7, 11) is 0. The zero-order chi connectivity index (χ0) is 12.6. The SMILES string of the molecule is C=C=C(C)C.OCCCCCCCCCO. The summed E-state index contributed by atoms with van der Waals surface area (Å²) in [6.45, 7) is 7.99. The van der Waals surface area contributed by atoms with Gasteiger partial charge in [-0.25, -0.2) is 0 Å². The molecule has 0 aromatic carbocycles. The summed E-state index contributed by atoms with van der Waals surface area (Å²) in [5, 5.41) is 16.9. The molecule has 0 spiro atoms. The van der Waals surface area contributed by atoms with Crippen molar-refractivity contribution in [2.75, 3.05) is 13.2 Å². The van der Waals surface area contributed by atoms with Crippen LogP contribution >= 0.6 is 0 Å². The van der Waals surface area contributed by atoms with Gasteiger partial charge in [-0.15, -0.1) is 5.73 Å². The lowest BCUT2D eigenvalue weighted by atomic mass is 10.1. The maximum atomic E-state index is 8.47. The Bertz CT molecular complexity index is 158. The van der Waals surface area contributed by atoms with Gasteiger partial charge in [0.15, 0.2) is 0 Å². The Labute approximate surface area is 101 Å². The molecule has 2 heteroatoms. The number of hydrogen-bond acceptors (Lipinski definition) is 2. The van der Waals surface area contributed by atoms with Crippen LogP contribution < -0.4 is 0 Å². The van der Waals surface area contributed by atoms with Gasteiger partial charge >= 0.3 is 0 Å². The molecule has 0 aromatic rings. The molecule has 0 amide bonds. The van der Waals surface area contributed by atoms with Gasteiger partial charge in [-0.1, -0.05) is 38.7 Å². The lowest BCUT2D eigenvalue weighted by molar-refractivity contribution is 0.278. The monoisotopic (exact) mass is 228 g/mol. The van der Waals surface area contributed by atoms with Crippen molar-refractivity contribution in [3.63, 3.8) is 0 Å². The molecular formula is C14H28O2. The van der Waals surface area contributed by atoms with Crippen molar-refractivity contribution in [3.8, 4) is 0 Å². The third kappa shape index (κ3) is 23.3. The third-order valence-electron chi connectivity index (χ3n) is 2.17. The molecule has 2 nitrogen and oxygen atoms in total. The molecule has 0 unspecified atom stereocenters. The fourth-order valence-corrected chi connectivity index (χ4v) is 1.11. The first-order chi connectivity index (χ1) is 7.68. The largest absolute Gasteiger partial charge is 0.396 e. The molecule has 0 heterocycles. The van der Waals surface area contributed by atoms with Crippen LogP contribution in [0.15, 0.2) is 17.9 Å². The van der Waals surface area contributed by atoms with Crippen LogP contribution in [0, 0.1) is 0 Å². The summed E-state index contributed by atoms with van der Waals surface area (Å²) >= 11 is 0. The van der Waals surface area contributed by atoms with Gasteiger partial charge in [-0.05, 0) is 32.3 Å². The molecule has 96 valence electrons. The second kappa shape index (κ2) is 16.9. The smallest absolute Gasteiger partial charge is 0.0431 e. The minimum absolute atomic E-state index is 0.330. The number of allylic oxidation sites excluding steroid dienone is 1. The highest BCUT2D eigenvalue weighted by atomic mass is 16.3. The topological polar surface area (TPSA) is 40.5 Å². The summed E-state index contributed by atoms with van der Waals surface area (Å²) in [6, 6.07) is 0. The van der Waals surface area contributed by atoms with Gasteiger partial charge in [0.1, 0.15) is 0 Å². The second-order valence-corrected chi connectivity index (χ2v) is 4.10. The van der Waals surface area contributed by atoms with Gasteiger partial charge in [0.2, 0.25) is 0 Å². The van der Waals surface area contributed by atoms with E-state index in [9.17, 15) is 0 Å². The molecule has 0 fully saturated rings. The van der Waals surface area contributed by atoms with Gasteiger partial charge < -0.3 is 10.2 Å². The quantitative estimate of drug-likeness (QED) is 0.493. The van der Waals surface area contributed by atoms with Crippen LogP contribution in [0.25, 0.3) is 0 Å². The summed E-state index contributed by atoms with van der Waals surface area (Å²) in [4.78, 5) is 0. The van der Waals surface area contributed by atoms with E-state index in [4.69, 9.17) is 10.2 Å². The number of unbranched alkanes of at least 4 members (excludes halogenated alkanes) is 6. The van der Waals surface area contributed by atoms with Crippen molar-refractivity contribution in [1.29, 1.82) is 0 Å². The van der Waals surface area contributed by atoms with Gasteiger partial charge in [0.05, 0.1) is 0 Å². The number of aliphatic hydroxyl groups is 2. The molecule has 0 atom stereocenters. The Morgan fingerprint density at radius 3 is 1.25 bits per heavy atom. The predicted octanol–water partition coefficient (Wildman–Crippen LogP) is 3.44. The molecule has 0 saturated carbocycles. The fourth-order valence-electron chi connectivity index (χ4n) is 1.11. The van der Waals surface area contributed by atoms with Crippen LogP contribution in [-0.2, 0) is 0 Å². The molecule has 16 heavy (non-hydrogen) atoms. The third-order valence-corrected chi connectivity index (χ3v) is 2.17. The van der Waals surface area contributed by atoms with Crippen molar-refractivity contribution in [2.24, 2.45) is 0 Å². The van der Waals surface area contributed by atoms with Crippen molar-refractivity contribution >= 4 is 0 Å². The first-order valence-electron chi connectivity index (χ1n) is 6.24. The summed E-state index contributed by atoms with van der Waals surface area (Å²) in [6.07, 6.45) is 7.89. The highest BCUT2D eigenvalue weighted by Crippen LogP contribution is 2.06. The molecule has 0 rings (SSSR count). The van der Waals surface area contributed by atoms with Crippen LogP contribution in [0.2, 0.25) is 0 Å². The van der Waals surface area contributed by atoms with E-state index in [1.54, 1.807) is 0 Å². The Morgan fingerprint density at radius 1 is 0.812 bits per heavy atom. The zero-order valence-electron chi connectivity index (χ0n) is 11.0. The van der Waals surface area contributed by atoms with E-state index < -0.39 is 0 Å². The van der Waals surface area contributed by atoms with E-state index in [0.29, 0.717) is 13.2 Å². The van der Waals surface area contributed by atoms with E-state index in [1.165, 1.54) is 19.3 Å². The minimum atomic E-state index is 0.330. The van der Waals surface area contributed by atoms with Crippen LogP contribution in [0.3, 0.4) is 0 Å². The van der Waals surface area contributed by atoms with Crippen molar-refractivity contribution in [3.05, 3.63) is 17.9 Å². The van der Waals surface area contributed by atoms with E-state index in [0.717, 1.165) is 31.3 Å². The maximum absolute atomic E-state index is 8.47. The van der Waals surface area contributed by atoms with Crippen molar-refractivity contribution in [1.82, 2.24) is 0 Å². The first kappa shape index (κ1) is 17.8. The normalized spacial score (nSPS) is 9.00. The van der Waals surface area contributed by atoms with E-state index >= 15 is 0 Å². The molecule has 0 radical (unpaired) electrons. The van der Waals surface area contributed by atoms with Gasteiger partial charge in [-0.2, -0.15) is 0 Å². The Kier molecular flexibility index (Phi) is 18.8. The Hall–Kier alpha value is -0.560. The molecular weight excluding hydrogens is 200 g/mol. The average Bonchev–Trinajstić information content (AvgIpc) is 2.29. The van der Waals surface area contributed by atoms with E-state index in [-0.39, 0.29) is 0 Å². The summed E-state index contributed by atoms with van der Waals surface area (Å²) in [5.74, 6) is 0. The lowest BCUT2D eigenvalue weighted by Crippen LogP contribution is -1.85. The highest BCUT2D eigenvalue weighted by molar-refractivity contribution is 4.87. The van der Waals surface area contributed by atoms with Crippen LogP contribution in [0.5, 0.6) is 0 Å². The maximum Gasteiger partial charge on any atom is 0.0431 e. The first-order valence-corrected chi connectivity index (χ1v) is 6.24. The van der Waals surface area contributed by atoms with Crippen LogP contribution in [0.1, 0.15) is 58.8 Å². The van der Waals surface area contributed by atoms with Crippen molar-refractivity contribution in [2.45, 2.75) is 58.8 Å². The number of rotatable bonds is 8. The van der Waals surface area contributed by atoms with Crippen LogP contribution in [0.4, 0.5) is 0 Å². The van der Waals surface area contributed by atoms with Gasteiger partial charge in [0.25, 0.3) is 0 Å². The second-order valence-electron chi connectivity index (χ2n) is 4.10. The molecule has 0 aliphatic rings. The lowest BCUT2D eigenvalue weighted by Gasteiger charge is -1.98. The highest BCUT2D eigenvalue weighted by Gasteiger charge is 1.89. The Balaban J connectivity index is 0. The average molecular weight is 228 g/mol. The van der Waals surface area contributed by atoms with E-state index in [2.05, 4.69) is 12.3 Å². The number of aliphatic hydroxyl groups excluding tert-OH is 2. The number of hydrogen-bond donors (Lipinski definition) is 2. The molecule has 0 aliphatic carbocycles. The minimum Gasteiger partial charge on any atom is -0.396 e.